The Labute approximate surface area is 210 Å². The van der Waals surface area contributed by atoms with Gasteiger partial charge in [0.25, 0.3) is 0 Å². The fourth-order valence-corrected chi connectivity index (χ4v) is 5.27. The number of thioether (sulfide) groups is 1. The maximum absolute atomic E-state index is 13.3. The fourth-order valence-electron chi connectivity index (χ4n) is 3.19. The molecule has 0 spiro atoms. The van der Waals surface area contributed by atoms with Gasteiger partial charge in [0.15, 0.2) is 15.6 Å². The number of esters is 1. The number of aromatic nitrogens is 3. The van der Waals surface area contributed by atoms with Crippen molar-refractivity contribution in [1.82, 2.24) is 14.8 Å². The first-order chi connectivity index (χ1) is 16.4. The largest absolute Gasteiger partial charge is 0.465 e. The molecule has 4 aromatic rings. The van der Waals surface area contributed by atoms with Gasteiger partial charge >= 0.3 is 5.97 Å². The number of thiophene rings is 1. The highest BCUT2D eigenvalue weighted by molar-refractivity contribution is 9.10. The van der Waals surface area contributed by atoms with Crippen LogP contribution < -0.4 is 5.32 Å². The van der Waals surface area contributed by atoms with Crippen LogP contribution >= 0.6 is 39.0 Å². The lowest BCUT2D eigenvalue weighted by molar-refractivity contribution is -0.113. The average Bonchev–Trinajstić information content (AvgIpc) is 3.55. The molecule has 3 aromatic heterocycles. The van der Waals surface area contributed by atoms with Gasteiger partial charge in [0, 0.05) is 17.5 Å². The molecule has 1 aromatic carbocycles. The van der Waals surface area contributed by atoms with E-state index in [0.29, 0.717) is 44.1 Å². The molecule has 176 valence electrons. The second-order valence-corrected chi connectivity index (χ2v) is 9.45. The van der Waals surface area contributed by atoms with E-state index in [4.69, 9.17) is 9.15 Å². The average molecular weight is 565 g/mol. The molecule has 0 fully saturated rings. The fraction of sp³-hybridized carbons (Fsp3) is 0.182. The molecule has 0 bridgehead atoms. The van der Waals surface area contributed by atoms with Gasteiger partial charge in [-0.3, -0.25) is 9.36 Å². The highest BCUT2D eigenvalue weighted by Crippen LogP contribution is 2.36. The van der Waals surface area contributed by atoms with Crippen molar-refractivity contribution in [2.75, 3.05) is 18.2 Å². The topological polar surface area (TPSA) is 99.2 Å². The van der Waals surface area contributed by atoms with E-state index in [1.165, 1.54) is 42.3 Å². The predicted octanol–water partition coefficient (Wildman–Crippen LogP) is 5.71. The number of hydrogen-bond donors (Lipinski definition) is 1. The third-order valence-electron chi connectivity index (χ3n) is 4.75. The molecule has 1 N–H and O–H groups in total. The molecule has 1 amide bonds. The van der Waals surface area contributed by atoms with Crippen molar-refractivity contribution in [1.29, 1.82) is 0 Å². The minimum Gasteiger partial charge on any atom is -0.465 e. The van der Waals surface area contributed by atoms with Crippen LogP contribution in [0.1, 0.15) is 17.3 Å². The Kier molecular flexibility index (Phi) is 7.49. The van der Waals surface area contributed by atoms with Crippen molar-refractivity contribution in [3.8, 4) is 22.7 Å². The van der Waals surface area contributed by atoms with Crippen molar-refractivity contribution in [3.05, 3.63) is 57.8 Å². The number of benzene rings is 1. The number of hydrogen-bond acceptors (Lipinski definition) is 8. The van der Waals surface area contributed by atoms with Crippen LogP contribution in [-0.4, -0.2) is 39.5 Å². The molecule has 0 atom stereocenters. The zero-order valence-electron chi connectivity index (χ0n) is 18.0. The Balaban J connectivity index is 1.50. The van der Waals surface area contributed by atoms with Crippen LogP contribution in [0.25, 0.3) is 22.7 Å². The zero-order valence-corrected chi connectivity index (χ0v) is 21.2. The molecule has 0 unspecified atom stereocenters. The van der Waals surface area contributed by atoms with E-state index in [1.807, 2.05) is 11.5 Å². The van der Waals surface area contributed by atoms with E-state index in [1.54, 1.807) is 29.6 Å². The maximum Gasteiger partial charge on any atom is 0.341 e. The standard InChI is InChI=1S/C22H18BrFN4O4S2/c1-3-28-19(15-8-9-16(23)32-15)26-27-22(28)34-11-17(29)25-20-18(21(30)31-2)14(10-33-20)12-4-6-13(24)7-5-12/h4-10H,3,11H2,1-2H3,(H,25,29). The van der Waals surface area contributed by atoms with Crippen LogP contribution in [0.5, 0.6) is 0 Å². The second-order valence-electron chi connectivity index (χ2n) is 6.84. The van der Waals surface area contributed by atoms with Crippen LogP contribution in [0.2, 0.25) is 0 Å². The first kappa shape index (κ1) is 24.2. The summed E-state index contributed by atoms with van der Waals surface area (Å²) in [5.41, 5.74) is 1.42. The number of carbonyl (C=O) groups is 2. The summed E-state index contributed by atoms with van der Waals surface area (Å²) < 4.78 is 26.2. The van der Waals surface area contributed by atoms with Gasteiger partial charge in [-0.15, -0.1) is 21.5 Å². The molecular weight excluding hydrogens is 547 g/mol. The zero-order chi connectivity index (χ0) is 24.2. The minimum atomic E-state index is -0.594. The Bertz CT molecular complexity index is 1330. The van der Waals surface area contributed by atoms with Crippen molar-refractivity contribution < 1.29 is 23.1 Å². The van der Waals surface area contributed by atoms with Gasteiger partial charge in [0.1, 0.15) is 16.4 Å². The SMILES string of the molecule is CCn1c(SCC(=O)Nc2scc(-c3ccc(F)cc3)c2C(=O)OC)nnc1-c1ccc(Br)o1. The third-order valence-corrected chi connectivity index (χ3v) is 7.04. The van der Waals surface area contributed by atoms with E-state index >= 15 is 0 Å². The maximum atomic E-state index is 13.3. The highest BCUT2D eigenvalue weighted by Gasteiger charge is 2.23. The predicted molar refractivity (Wildman–Crippen MR) is 132 cm³/mol. The van der Waals surface area contributed by atoms with Gasteiger partial charge in [-0.05, 0) is 52.7 Å². The number of rotatable bonds is 8. The highest BCUT2D eigenvalue weighted by atomic mass is 79.9. The molecular formula is C22H18BrFN4O4S2. The molecule has 8 nitrogen and oxygen atoms in total. The van der Waals surface area contributed by atoms with Crippen molar-refractivity contribution in [2.24, 2.45) is 0 Å². The van der Waals surface area contributed by atoms with Crippen LogP contribution in [0.15, 0.2) is 56.0 Å². The monoisotopic (exact) mass is 564 g/mol. The summed E-state index contributed by atoms with van der Waals surface area (Å²) in [5.74, 6) is -0.130. The molecule has 3 heterocycles. The van der Waals surface area contributed by atoms with E-state index in [0.717, 1.165) is 0 Å². The molecule has 0 aliphatic rings. The van der Waals surface area contributed by atoms with Gasteiger partial charge in [-0.2, -0.15) is 0 Å². The first-order valence-corrected chi connectivity index (χ1v) is 12.6. The van der Waals surface area contributed by atoms with Crippen LogP contribution in [-0.2, 0) is 16.1 Å². The quantitative estimate of drug-likeness (QED) is 0.216. The second kappa shape index (κ2) is 10.5. The number of carbonyl (C=O) groups excluding carboxylic acids is 2. The molecule has 12 heteroatoms. The van der Waals surface area contributed by atoms with E-state index in [2.05, 4.69) is 31.4 Å². The Hall–Kier alpha value is -2.96. The smallest absolute Gasteiger partial charge is 0.341 e. The number of ether oxygens (including phenoxy) is 1. The normalized spacial score (nSPS) is 10.9. The number of anilines is 1. The molecule has 0 aliphatic carbocycles. The van der Waals surface area contributed by atoms with Crippen LogP contribution in [0, 0.1) is 5.82 Å². The number of amides is 1. The van der Waals surface area contributed by atoms with E-state index < -0.39 is 5.97 Å². The van der Waals surface area contributed by atoms with Gasteiger partial charge < -0.3 is 14.5 Å². The molecule has 0 saturated carbocycles. The molecule has 4 rings (SSSR count). The Morgan fingerprint density at radius 2 is 2.00 bits per heavy atom. The molecule has 0 saturated heterocycles. The van der Waals surface area contributed by atoms with Gasteiger partial charge in [0.05, 0.1) is 12.9 Å². The van der Waals surface area contributed by atoms with E-state index in [9.17, 15) is 14.0 Å². The number of halogens is 2. The number of nitrogens with zero attached hydrogens (tertiary/aromatic N) is 3. The van der Waals surface area contributed by atoms with Crippen LogP contribution in [0.3, 0.4) is 0 Å². The summed E-state index contributed by atoms with van der Waals surface area (Å²) in [6.07, 6.45) is 0. The molecule has 0 aliphatic heterocycles. The van der Waals surface area contributed by atoms with Gasteiger partial charge in [-0.1, -0.05) is 23.9 Å². The lowest BCUT2D eigenvalue weighted by Crippen LogP contribution is -2.16. The molecule has 34 heavy (non-hydrogen) atoms. The van der Waals surface area contributed by atoms with Crippen molar-refractivity contribution >= 4 is 55.9 Å². The number of furan rings is 1. The number of methoxy groups -OCH3 is 1. The van der Waals surface area contributed by atoms with Crippen molar-refractivity contribution in [3.63, 3.8) is 0 Å². The Morgan fingerprint density at radius 3 is 2.65 bits per heavy atom. The lowest BCUT2D eigenvalue weighted by atomic mass is 10.0. The summed E-state index contributed by atoms with van der Waals surface area (Å²) in [6.45, 7) is 2.53. The van der Waals surface area contributed by atoms with Gasteiger partial charge in [-0.25, -0.2) is 9.18 Å². The first-order valence-electron chi connectivity index (χ1n) is 9.98. The van der Waals surface area contributed by atoms with E-state index in [-0.39, 0.29) is 23.0 Å². The summed E-state index contributed by atoms with van der Waals surface area (Å²) >= 11 is 5.69. The lowest BCUT2D eigenvalue weighted by Gasteiger charge is -2.08. The summed E-state index contributed by atoms with van der Waals surface area (Å²) in [4.78, 5) is 25.2. The van der Waals surface area contributed by atoms with Gasteiger partial charge in [0.2, 0.25) is 11.7 Å². The summed E-state index contributed by atoms with van der Waals surface area (Å²) in [5, 5.41) is 13.8. The minimum absolute atomic E-state index is 0.0460. The number of nitrogens with one attached hydrogen (secondary N) is 1. The molecule has 0 radical (unpaired) electrons. The summed E-state index contributed by atoms with van der Waals surface area (Å²) in [6, 6.07) is 9.30. The summed E-state index contributed by atoms with van der Waals surface area (Å²) in [7, 11) is 1.27. The Morgan fingerprint density at radius 1 is 1.24 bits per heavy atom. The van der Waals surface area contributed by atoms with Crippen molar-refractivity contribution in [2.45, 2.75) is 18.6 Å². The van der Waals surface area contributed by atoms with Crippen LogP contribution in [0.4, 0.5) is 9.39 Å². The third kappa shape index (κ3) is 5.08.